The molecule has 0 saturated carbocycles. The van der Waals surface area contributed by atoms with Gasteiger partial charge in [-0.05, 0) is 50.9 Å². The smallest absolute Gasteiger partial charge is 0.0303 e. The van der Waals surface area contributed by atoms with Gasteiger partial charge < -0.3 is 10.2 Å². The maximum absolute atomic E-state index is 3.80. The molecule has 0 aliphatic carbocycles. The van der Waals surface area contributed by atoms with Crippen LogP contribution in [0.1, 0.15) is 46.0 Å². The predicted molar refractivity (Wildman–Crippen MR) is 77.9 cm³/mol. The predicted octanol–water partition coefficient (Wildman–Crippen LogP) is 2.74. The third kappa shape index (κ3) is 3.62. The molecule has 1 unspecified atom stereocenters. The Morgan fingerprint density at radius 3 is 2.76 bits per heavy atom. The maximum Gasteiger partial charge on any atom is 0.0303 e. The van der Waals surface area contributed by atoms with Crippen LogP contribution in [0.5, 0.6) is 0 Å². The fraction of sp³-hybridized carbons (Fsp3) is 1.00. The number of nitrogens with zero attached hydrogens (tertiary/aromatic N) is 1. The van der Waals surface area contributed by atoms with Crippen LogP contribution in [-0.4, -0.2) is 47.6 Å². The molecule has 0 amide bonds. The van der Waals surface area contributed by atoms with E-state index in [9.17, 15) is 0 Å². The topological polar surface area (TPSA) is 15.3 Å². The highest BCUT2D eigenvalue weighted by atomic mass is 32.2. The Labute approximate surface area is 111 Å². The quantitative estimate of drug-likeness (QED) is 0.832. The van der Waals surface area contributed by atoms with E-state index in [0.29, 0.717) is 5.54 Å². The number of rotatable bonds is 4. The molecule has 0 radical (unpaired) electrons. The van der Waals surface area contributed by atoms with E-state index < -0.39 is 0 Å². The summed E-state index contributed by atoms with van der Waals surface area (Å²) in [7, 11) is 0. The van der Waals surface area contributed by atoms with Crippen LogP contribution in [0, 0.1) is 0 Å². The molecule has 2 aliphatic rings. The molecular weight excluding hydrogens is 228 g/mol. The van der Waals surface area contributed by atoms with Gasteiger partial charge in [-0.15, -0.1) is 0 Å². The minimum atomic E-state index is 0.389. The zero-order valence-corrected chi connectivity index (χ0v) is 12.3. The molecule has 2 rings (SSSR count). The number of hydrogen-bond donors (Lipinski definition) is 1. The van der Waals surface area contributed by atoms with Gasteiger partial charge in [0.05, 0.1) is 0 Å². The molecule has 2 aliphatic heterocycles. The molecule has 0 bridgehead atoms. The summed E-state index contributed by atoms with van der Waals surface area (Å²) in [5.74, 6) is 1.39. The number of thioether (sulfide) groups is 1. The van der Waals surface area contributed by atoms with Crippen molar-refractivity contribution < 1.29 is 0 Å². The zero-order valence-electron chi connectivity index (χ0n) is 11.5. The minimum Gasteiger partial charge on any atom is -0.310 e. The van der Waals surface area contributed by atoms with Crippen LogP contribution in [0.3, 0.4) is 0 Å². The fourth-order valence-electron chi connectivity index (χ4n) is 3.17. The number of nitrogens with one attached hydrogen (secondary N) is 1. The highest BCUT2D eigenvalue weighted by molar-refractivity contribution is 8.00. The molecular formula is C14H28N2S. The third-order valence-corrected chi connectivity index (χ3v) is 5.90. The molecule has 3 heteroatoms. The largest absolute Gasteiger partial charge is 0.310 e. The van der Waals surface area contributed by atoms with Crippen LogP contribution in [-0.2, 0) is 0 Å². The van der Waals surface area contributed by atoms with Gasteiger partial charge in [-0.1, -0.05) is 13.8 Å². The average molecular weight is 256 g/mol. The molecule has 2 nitrogen and oxygen atoms in total. The van der Waals surface area contributed by atoms with Crippen molar-refractivity contribution >= 4 is 11.8 Å². The van der Waals surface area contributed by atoms with Gasteiger partial charge >= 0.3 is 0 Å². The zero-order chi connectivity index (χ0) is 12.1. The average Bonchev–Trinajstić information content (AvgIpc) is 2.76. The molecule has 0 aromatic carbocycles. The Kier molecular flexibility index (Phi) is 5.19. The van der Waals surface area contributed by atoms with E-state index in [-0.39, 0.29) is 0 Å². The lowest BCUT2D eigenvalue weighted by Crippen LogP contribution is -2.51. The highest BCUT2D eigenvalue weighted by Gasteiger charge is 2.31. The summed E-state index contributed by atoms with van der Waals surface area (Å²) in [6, 6.07) is 0. The molecule has 0 spiro atoms. The van der Waals surface area contributed by atoms with Crippen molar-refractivity contribution in [3.8, 4) is 0 Å². The van der Waals surface area contributed by atoms with Crippen molar-refractivity contribution in [1.29, 1.82) is 0 Å². The normalized spacial score (nSPS) is 30.4. The maximum atomic E-state index is 3.80. The Morgan fingerprint density at radius 2 is 2.12 bits per heavy atom. The summed E-state index contributed by atoms with van der Waals surface area (Å²) >= 11 is 2.20. The Morgan fingerprint density at radius 1 is 1.29 bits per heavy atom. The molecule has 2 saturated heterocycles. The van der Waals surface area contributed by atoms with Gasteiger partial charge in [0.15, 0.2) is 0 Å². The summed E-state index contributed by atoms with van der Waals surface area (Å²) in [6.45, 7) is 9.77. The van der Waals surface area contributed by atoms with E-state index in [1.54, 1.807) is 0 Å². The molecule has 17 heavy (non-hydrogen) atoms. The van der Waals surface area contributed by atoms with Crippen LogP contribution in [0.15, 0.2) is 0 Å². The van der Waals surface area contributed by atoms with Crippen LogP contribution in [0.2, 0.25) is 0 Å². The lowest BCUT2D eigenvalue weighted by atomic mass is 9.92. The second kappa shape index (κ2) is 6.44. The van der Waals surface area contributed by atoms with Gasteiger partial charge in [0.2, 0.25) is 0 Å². The van der Waals surface area contributed by atoms with Crippen LogP contribution in [0.4, 0.5) is 0 Å². The molecule has 1 atom stereocenters. The van der Waals surface area contributed by atoms with Gasteiger partial charge in [0, 0.05) is 23.9 Å². The minimum absolute atomic E-state index is 0.389. The first-order valence-corrected chi connectivity index (χ1v) is 8.42. The third-order valence-electron chi connectivity index (χ3n) is 4.52. The van der Waals surface area contributed by atoms with Gasteiger partial charge in [0.25, 0.3) is 0 Å². The van der Waals surface area contributed by atoms with Crippen LogP contribution >= 0.6 is 11.8 Å². The van der Waals surface area contributed by atoms with Crippen molar-refractivity contribution in [2.75, 3.05) is 31.9 Å². The first kappa shape index (κ1) is 13.7. The van der Waals surface area contributed by atoms with E-state index in [1.165, 1.54) is 64.0 Å². The second-order valence-corrected chi connectivity index (χ2v) is 7.05. The Hall–Kier alpha value is 0.270. The van der Waals surface area contributed by atoms with E-state index in [0.717, 1.165) is 5.25 Å². The van der Waals surface area contributed by atoms with Gasteiger partial charge in [-0.25, -0.2) is 0 Å². The Balaban J connectivity index is 1.91. The van der Waals surface area contributed by atoms with E-state index >= 15 is 0 Å². The lowest BCUT2D eigenvalue weighted by Gasteiger charge is -2.36. The van der Waals surface area contributed by atoms with Gasteiger partial charge in [0.1, 0.15) is 0 Å². The SMILES string of the molecule is CCC1(CC)CN(CC2CCCS2)CCCN1. The van der Waals surface area contributed by atoms with Crippen LogP contribution in [0.25, 0.3) is 0 Å². The van der Waals surface area contributed by atoms with E-state index in [2.05, 4.69) is 35.8 Å². The molecule has 2 heterocycles. The fourth-order valence-corrected chi connectivity index (χ4v) is 4.49. The van der Waals surface area contributed by atoms with Crippen molar-refractivity contribution in [3.05, 3.63) is 0 Å². The first-order chi connectivity index (χ1) is 8.28. The summed E-state index contributed by atoms with van der Waals surface area (Å²) in [4.78, 5) is 2.73. The van der Waals surface area contributed by atoms with Crippen molar-refractivity contribution in [3.63, 3.8) is 0 Å². The number of hydrogen-bond acceptors (Lipinski definition) is 3. The summed E-state index contributed by atoms with van der Waals surface area (Å²) in [6.07, 6.45) is 6.72. The molecule has 0 aromatic heterocycles. The van der Waals surface area contributed by atoms with Crippen molar-refractivity contribution in [1.82, 2.24) is 10.2 Å². The summed E-state index contributed by atoms with van der Waals surface area (Å²) < 4.78 is 0. The summed E-state index contributed by atoms with van der Waals surface area (Å²) in [5.41, 5.74) is 0.389. The molecule has 0 aromatic rings. The van der Waals surface area contributed by atoms with Crippen molar-refractivity contribution in [2.24, 2.45) is 0 Å². The second-order valence-electron chi connectivity index (χ2n) is 5.64. The monoisotopic (exact) mass is 256 g/mol. The van der Waals surface area contributed by atoms with Crippen molar-refractivity contribution in [2.45, 2.75) is 56.7 Å². The van der Waals surface area contributed by atoms with Crippen LogP contribution < -0.4 is 5.32 Å². The molecule has 1 N–H and O–H groups in total. The van der Waals surface area contributed by atoms with Gasteiger partial charge in [-0.2, -0.15) is 11.8 Å². The van der Waals surface area contributed by atoms with E-state index in [4.69, 9.17) is 0 Å². The van der Waals surface area contributed by atoms with Gasteiger partial charge in [-0.3, -0.25) is 0 Å². The van der Waals surface area contributed by atoms with E-state index in [1.807, 2.05) is 0 Å². The standard InChI is InChI=1S/C14H28N2S/c1-3-14(4-2)12-16(9-6-8-15-14)11-13-7-5-10-17-13/h13,15H,3-12H2,1-2H3. The highest BCUT2D eigenvalue weighted by Crippen LogP contribution is 2.28. The lowest BCUT2D eigenvalue weighted by molar-refractivity contribution is 0.197. The molecule has 100 valence electrons. The summed E-state index contributed by atoms with van der Waals surface area (Å²) in [5, 5.41) is 4.72. The molecule has 2 fully saturated rings. The first-order valence-electron chi connectivity index (χ1n) is 7.37. The Bertz CT molecular complexity index is 222.